The maximum Gasteiger partial charge on any atom is 0.321 e. The molecule has 0 bridgehead atoms. The van der Waals surface area contributed by atoms with E-state index in [1.165, 1.54) is 25.2 Å². The van der Waals surface area contributed by atoms with E-state index in [2.05, 4.69) is 25.9 Å². The zero-order valence-electron chi connectivity index (χ0n) is 13.5. The summed E-state index contributed by atoms with van der Waals surface area (Å²) in [5.74, 6) is -0.362. The summed E-state index contributed by atoms with van der Waals surface area (Å²) in [6, 6.07) is 11.7. The quantitative estimate of drug-likeness (QED) is 0.603. The van der Waals surface area contributed by atoms with Crippen LogP contribution in [-0.4, -0.2) is 25.4 Å². The van der Waals surface area contributed by atoms with Gasteiger partial charge in [0.05, 0.1) is 10.2 Å². The van der Waals surface area contributed by atoms with E-state index >= 15 is 0 Å². The van der Waals surface area contributed by atoms with Gasteiger partial charge in [0.2, 0.25) is 0 Å². The van der Waals surface area contributed by atoms with Gasteiger partial charge in [0.1, 0.15) is 16.5 Å². The molecule has 0 radical (unpaired) electrons. The average molecular weight is 438 g/mol. The van der Waals surface area contributed by atoms with Crippen LogP contribution in [0.4, 0.5) is 10.1 Å². The van der Waals surface area contributed by atoms with E-state index in [0.717, 1.165) is 14.8 Å². The largest absolute Gasteiger partial charge is 0.424 e. The number of hydrogen-bond acceptors (Lipinski definition) is 5. The van der Waals surface area contributed by atoms with E-state index in [0.29, 0.717) is 11.4 Å². The first-order valence-corrected chi connectivity index (χ1v) is 9.60. The zero-order valence-corrected chi connectivity index (χ0v) is 15.9. The van der Waals surface area contributed by atoms with Crippen molar-refractivity contribution in [2.75, 3.05) is 11.4 Å². The Balaban J connectivity index is 1.81. The van der Waals surface area contributed by atoms with E-state index in [1.807, 2.05) is 0 Å². The normalized spacial score (nSPS) is 11.2. The molecule has 0 saturated heterocycles. The molecule has 0 unspecified atom stereocenters. The van der Waals surface area contributed by atoms with Crippen LogP contribution in [0.2, 0.25) is 0 Å². The number of ether oxygens (including phenoxy) is 1. The lowest BCUT2D eigenvalue weighted by molar-refractivity contribution is 0.441. The highest BCUT2D eigenvalue weighted by molar-refractivity contribution is 9.10. The molecule has 1 heterocycles. The lowest BCUT2D eigenvalue weighted by atomic mass is 10.3. The molecule has 2 aromatic carbocycles. The van der Waals surface area contributed by atoms with Crippen LogP contribution in [0.25, 0.3) is 0 Å². The van der Waals surface area contributed by atoms with Crippen molar-refractivity contribution in [3.05, 3.63) is 71.2 Å². The molecule has 134 valence electrons. The van der Waals surface area contributed by atoms with E-state index in [1.54, 1.807) is 36.7 Å². The zero-order chi connectivity index (χ0) is 18.7. The SMILES string of the molecule is CN(c1ccc(Oc2ncc(Br)cn2)cc1)S(=O)(=O)c1ccccc1F. The van der Waals surface area contributed by atoms with Gasteiger partial charge in [0.15, 0.2) is 0 Å². The molecule has 0 spiro atoms. The molecule has 0 amide bonds. The van der Waals surface area contributed by atoms with Crippen LogP contribution in [0.15, 0.2) is 70.3 Å². The molecular formula is C17H13BrFN3O3S. The highest BCUT2D eigenvalue weighted by Gasteiger charge is 2.24. The summed E-state index contributed by atoms with van der Waals surface area (Å²) >= 11 is 3.23. The van der Waals surface area contributed by atoms with Gasteiger partial charge in [-0.15, -0.1) is 0 Å². The first-order valence-electron chi connectivity index (χ1n) is 7.37. The van der Waals surface area contributed by atoms with Gasteiger partial charge in [0.25, 0.3) is 10.0 Å². The van der Waals surface area contributed by atoms with Crippen LogP contribution < -0.4 is 9.04 Å². The second kappa shape index (κ2) is 7.38. The van der Waals surface area contributed by atoms with Crippen molar-refractivity contribution in [1.29, 1.82) is 0 Å². The van der Waals surface area contributed by atoms with Crippen molar-refractivity contribution < 1.29 is 17.5 Å². The maximum atomic E-state index is 13.9. The van der Waals surface area contributed by atoms with Crippen LogP contribution >= 0.6 is 15.9 Å². The van der Waals surface area contributed by atoms with Crippen molar-refractivity contribution in [3.8, 4) is 11.8 Å². The van der Waals surface area contributed by atoms with Crippen LogP contribution in [0.5, 0.6) is 11.8 Å². The molecule has 0 saturated carbocycles. The van der Waals surface area contributed by atoms with Gasteiger partial charge in [-0.1, -0.05) is 12.1 Å². The topological polar surface area (TPSA) is 72.4 Å². The molecule has 1 aromatic heterocycles. The second-order valence-corrected chi connectivity index (χ2v) is 8.04. The lowest BCUT2D eigenvalue weighted by Crippen LogP contribution is -2.27. The Hall–Kier alpha value is -2.52. The fourth-order valence-electron chi connectivity index (χ4n) is 2.12. The highest BCUT2D eigenvalue weighted by Crippen LogP contribution is 2.27. The number of halogens is 2. The van der Waals surface area contributed by atoms with Crippen molar-refractivity contribution >= 4 is 31.6 Å². The summed E-state index contributed by atoms with van der Waals surface area (Å²) in [7, 11) is -2.65. The third-order valence-corrected chi connectivity index (χ3v) is 5.71. The first-order chi connectivity index (χ1) is 12.4. The van der Waals surface area contributed by atoms with E-state index in [-0.39, 0.29) is 10.9 Å². The Morgan fingerprint density at radius 3 is 2.27 bits per heavy atom. The van der Waals surface area contributed by atoms with Crippen molar-refractivity contribution in [2.45, 2.75) is 4.90 Å². The van der Waals surface area contributed by atoms with Gasteiger partial charge < -0.3 is 4.74 Å². The Bertz CT molecular complexity index is 1010. The number of hydrogen-bond donors (Lipinski definition) is 0. The summed E-state index contributed by atoms with van der Waals surface area (Å²) in [5, 5.41) is 0. The molecule has 0 N–H and O–H groups in total. The number of benzene rings is 2. The van der Waals surface area contributed by atoms with Crippen LogP contribution in [0.3, 0.4) is 0 Å². The summed E-state index contributed by atoms with van der Waals surface area (Å²) < 4.78 is 46.3. The summed E-state index contributed by atoms with van der Waals surface area (Å²) in [5.41, 5.74) is 0.359. The smallest absolute Gasteiger partial charge is 0.321 e. The monoisotopic (exact) mass is 437 g/mol. The van der Waals surface area contributed by atoms with Crippen molar-refractivity contribution in [2.24, 2.45) is 0 Å². The Labute approximate surface area is 158 Å². The second-order valence-electron chi connectivity index (χ2n) is 5.18. The number of rotatable bonds is 5. The van der Waals surface area contributed by atoms with Gasteiger partial charge in [-0.25, -0.2) is 22.8 Å². The number of sulfonamides is 1. The predicted octanol–water partition coefficient (Wildman–Crippen LogP) is 4.00. The van der Waals surface area contributed by atoms with E-state index < -0.39 is 15.8 Å². The number of aromatic nitrogens is 2. The standard InChI is InChI=1S/C17H13BrFN3O3S/c1-22(26(23,24)16-5-3-2-4-15(16)19)13-6-8-14(9-7-13)25-17-20-10-12(18)11-21-17/h2-11H,1H3. The molecule has 26 heavy (non-hydrogen) atoms. The van der Waals surface area contributed by atoms with Gasteiger partial charge in [-0.2, -0.15) is 0 Å². The van der Waals surface area contributed by atoms with Crippen molar-refractivity contribution in [1.82, 2.24) is 9.97 Å². The molecule has 0 atom stereocenters. The van der Waals surface area contributed by atoms with Crippen LogP contribution in [0, 0.1) is 5.82 Å². The molecule has 3 aromatic rings. The molecule has 3 rings (SSSR count). The summed E-state index contributed by atoms with van der Waals surface area (Å²) in [6.45, 7) is 0. The van der Waals surface area contributed by atoms with E-state index in [4.69, 9.17) is 4.74 Å². The maximum absolute atomic E-state index is 13.9. The van der Waals surface area contributed by atoms with Crippen LogP contribution in [0.1, 0.15) is 0 Å². The van der Waals surface area contributed by atoms with Crippen molar-refractivity contribution in [3.63, 3.8) is 0 Å². The van der Waals surface area contributed by atoms with Gasteiger partial charge in [0, 0.05) is 19.4 Å². The number of anilines is 1. The lowest BCUT2D eigenvalue weighted by Gasteiger charge is -2.20. The summed E-state index contributed by atoms with van der Waals surface area (Å²) in [6.07, 6.45) is 3.09. The minimum Gasteiger partial charge on any atom is -0.424 e. The first kappa shape index (κ1) is 18.3. The molecule has 0 aliphatic rings. The summed E-state index contributed by atoms with van der Waals surface area (Å²) in [4.78, 5) is 7.60. The van der Waals surface area contributed by atoms with Gasteiger partial charge in [-0.3, -0.25) is 4.31 Å². The Morgan fingerprint density at radius 2 is 1.65 bits per heavy atom. The molecule has 9 heteroatoms. The highest BCUT2D eigenvalue weighted by atomic mass is 79.9. The van der Waals surface area contributed by atoms with Gasteiger partial charge in [-0.05, 0) is 52.3 Å². The molecule has 0 fully saturated rings. The molecule has 0 aliphatic carbocycles. The Morgan fingerprint density at radius 1 is 1.04 bits per heavy atom. The van der Waals surface area contributed by atoms with Crippen LogP contribution in [-0.2, 0) is 10.0 Å². The fraction of sp³-hybridized carbons (Fsp3) is 0.0588. The minimum atomic E-state index is -4.01. The number of nitrogens with zero attached hydrogens (tertiary/aromatic N) is 3. The average Bonchev–Trinajstić information content (AvgIpc) is 2.64. The minimum absolute atomic E-state index is 0.160. The van der Waals surface area contributed by atoms with E-state index in [9.17, 15) is 12.8 Å². The van der Waals surface area contributed by atoms with Gasteiger partial charge >= 0.3 is 6.01 Å². The third-order valence-electron chi connectivity index (χ3n) is 3.48. The third kappa shape index (κ3) is 3.83. The fourth-order valence-corrected chi connectivity index (χ4v) is 3.59. The molecule has 6 nitrogen and oxygen atoms in total. The Kier molecular flexibility index (Phi) is 5.19. The predicted molar refractivity (Wildman–Crippen MR) is 98.2 cm³/mol. The molecular weight excluding hydrogens is 425 g/mol. The molecule has 0 aliphatic heterocycles.